The van der Waals surface area contributed by atoms with E-state index < -0.39 is 0 Å². The van der Waals surface area contributed by atoms with Crippen molar-refractivity contribution >= 4 is 32.7 Å². The van der Waals surface area contributed by atoms with Crippen molar-refractivity contribution in [3.8, 4) is 22.4 Å². The predicted molar refractivity (Wildman–Crippen MR) is 133 cm³/mol. The second-order valence-corrected chi connectivity index (χ2v) is 8.78. The van der Waals surface area contributed by atoms with E-state index >= 15 is 0 Å². The van der Waals surface area contributed by atoms with Crippen molar-refractivity contribution in [2.24, 2.45) is 7.05 Å². The Morgan fingerprint density at radius 3 is 2.36 bits per heavy atom. The highest BCUT2D eigenvalue weighted by Crippen LogP contribution is 2.41. The van der Waals surface area contributed by atoms with E-state index in [2.05, 4.69) is 72.8 Å². The molecular weight excluding hydrogens is 409 g/mol. The monoisotopic (exact) mass is 432 g/mol. The van der Waals surface area contributed by atoms with Gasteiger partial charge >= 0.3 is 0 Å². The first-order chi connectivity index (χ1) is 16.0. The molecule has 4 aromatic carbocycles. The lowest BCUT2D eigenvalue weighted by Crippen LogP contribution is -2.31. The topological polar surface area (TPSA) is 17.0 Å². The van der Waals surface area contributed by atoms with Crippen LogP contribution in [-0.2, 0) is 7.05 Å². The molecular formula is C30H23FNO+. The van der Waals surface area contributed by atoms with E-state index in [1.54, 1.807) is 13.0 Å². The first-order valence-corrected chi connectivity index (χ1v) is 11.1. The number of nitrogens with zero attached hydrogens (tertiary/aromatic N) is 1. The van der Waals surface area contributed by atoms with Crippen molar-refractivity contribution in [3.63, 3.8) is 0 Å². The Balaban J connectivity index is 1.66. The van der Waals surface area contributed by atoms with E-state index in [-0.39, 0.29) is 5.82 Å². The average molecular weight is 433 g/mol. The summed E-state index contributed by atoms with van der Waals surface area (Å²) in [6.07, 6.45) is 1.83. The summed E-state index contributed by atoms with van der Waals surface area (Å²) in [5.41, 5.74) is 7.20. The maximum atomic E-state index is 14.6. The molecule has 2 nitrogen and oxygen atoms in total. The molecule has 0 saturated heterocycles. The number of aromatic nitrogens is 1. The zero-order valence-corrected chi connectivity index (χ0v) is 18.8. The summed E-state index contributed by atoms with van der Waals surface area (Å²) in [7, 11) is 1.95. The second-order valence-electron chi connectivity index (χ2n) is 8.78. The molecule has 0 amide bonds. The quantitative estimate of drug-likeness (QED) is 0.257. The van der Waals surface area contributed by atoms with Crippen molar-refractivity contribution in [1.29, 1.82) is 0 Å². The molecule has 0 aliphatic rings. The van der Waals surface area contributed by atoms with Gasteiger partial charge in [-0.3, -0.25) is 0 Å². The third-order valence-electron chi connectivity index (χ3n) is 6.60. The number of para-hydroxylation sites is 1. The molecule has 0 N–H and O–H groups in total. The minimum absolute atomic E-state index is 0.215. The molecule has 0 unspecified atom stereocenters. The summed E-state index contributed by atoms with van der Waals surface area (Å²) in [5, 5.41) is 4.51. The number of pyridine rings is 1. The number of hydrogen-bond donors (Lipinski definition) is 0. The van der Waals surface area contributed by atoms with Gasteiger partial charge < -0.3 is 4.42 Å². The van der Waals surface area contributed by atoms with Crippen molar-refractivity contribution in [3.05, 3.63) is 102 Å². The number of hydrogen-bond acceptors (Lipinski definition) is 1. The molecule has 6 rings (SSSR count). The minimum atomic E-state index is -0.215. The van der Waals surface area contributed by atoms with Gasteiger partial charge in [-0.2, -0.15) is 0 Å². The molecule has 0 spiro atoms. The van der Waals surface area contributed by atoms with Gasteiger partial charge in [0.05, 0.1) is 5.56 Å². The van der Waals surface area contributed by atoms with Gasteiger partial charge in [-0.15, -0.1) is 0 Å². The van der Waals surface area contributed by atoms with E-state index in [0.29, 0.717) is 5.56 Å². The Labute approximate surface area is 191 Å². The number of benzene rings is 4. The lowest BCUT2D eigenvalue weighted by Gasteiger charge is -2.06. The maximum Gasteiger partial charge on any atom is 0.219 e. The highest BCUT2D eigenvalue weighted by atomic mass is 19.1. The largest absolute Gasteiger partial charge is 0.454 e. The average Bonchev–Trinajstić information content (AvgIpc) is 3.20. The van der Waals surface area contributed by atoms with Gasteiger partial charge in [0.1, 0.15) is 24.0 Å². The SMILES string of the molecule is Cc1c[n+](C)c(-c2c(C)ccc3c2oc2c(-c4ccc5ccccc5c4)cccc23)cc1F. The summed E-state index contributed by atoms with van der Waals surface area (Å²) in [6, 6.07) is 26.9. The van der Waals surface area contributed by atoms with Crippen LogP contribution in [0.25, 0.3) is 55.1 Å². The van der Waals surface area contributed by atoms with Crippen LogP contribution in [-0.4, -0.2) is 0 Å². The Kier molecular flexibility index (Phi) is 4.34. The lowest BCUT2D eigenvalue weighted by atomic mass is 9.98. The Bertz CT molecular complexity index is 1710. The molecule has 33 heavy (non-hydrogen) atoms. The first kappa shape index (κ1) is 19.7. The first-order valence-electron chi connectivity index (χ1n) is 11.1. The fourth-order valence-corrected chi connectivity index (χ4v) is 4.87. The van der Waals surface area contributed by atoms with Crippen LogP contribution < -0.4 is 4.57 Å². The molecule has 3 heteroatoms. The van der Waals surface area contributed by atoms with E-state index in [4.69, 9.17) is 4.42 Å². The molecule has 0 aliphatic heterocycles. The fourth-order valence-electron chi connectivity index (χ4n) is 4.87. The molecule has 2 aromatic heterocycles. The van der Waals surface area contributed by atoms with Crippen LogP contribution >= 0.6 is 0 Å². The van der Waals surface area contributed by atoms with Crippen LogP contribution in [0.3, 0.4) is 0 Å². The fraction of sp³-hybridized carbons (Fsp3) is 0.100. The summed E-state index contributed by atoms with van der Waals surface area (Å²) >= 11 is 0. The Hall–Kier alpha value is -3.98. The molecule has 0 radical (unpaired) electrons. The number of halogens is 1. The number of aryl methyl sites for hydroxylation is 3. The zero-order chi connectivity index (χ0) is 22.7. The van der Waals surface area contributed by atoms with Gasteiger partial charge in [0.25, 0.3) is 0 Å². The standard InChI is InChI=1S/C30H23FNO/c1-18-11-14-25-24-10-6-9-23(22-13-12-20-7-4-5-8-21(20)15-22)29(24)33-30(25)28(18)27-16-26(31)19(2)17-32(27)3/h4-17H,1-3H3/q+1. The van der Waals surface area contributed by atoms with Crippen LogP contribution in [0.2, 0.25) is 0 Å². The molecule has 6 aromatic rings. The van der Waals surface area contributed by atoms with Gasteiger partial charge in [-0.1, -0.05) is 66.7 Å². The van der Waals surface area contributed by atoms with Gasteiger partial charge in [0.15, 0.2) is 6.20 Å². The van der Waals surface area contributed by atoms with Crippen molar-refractivity contribution < 1.29 is 13.4 Å². The third kappa shape index (κ3) is 3.04. The summed E-state index contributed by atoms with van der Waals surface area (Å²) in [6.45, 7) is 3.83. The smallest absolute Gasteiger partial charge is 0.219 e. The van der Waals surface area contributed by atoms with Crippen molar-refractivity contribution in [2.75, 3.05) is 0 Å². The van der Waals surface area contributed by atoms with E-state index in [9.17, 15) is 4.39 Å². The normalized spacial score (nSPS) is 11.6. The Morgan fingerprint density at radius 1 is 0.727 bits per heavy atom. The van der Waals surface area contributed by atoms with Crippen LogP contribution in [0.4, 0.5) is 4.39 Å². The van der Waals surface area contributed by atoms with Crippen LogP contribution in [0.1, 0.15) is 11.1 Å². The van der Waals surface area contributed by atoms with Gasteiger partial charge in [-0.05, 0) is 41.8 Å². The Morgan fingerprint density at radius 2 is 1.52 bits per heavy atom. The summed E-state index contributed by atoms with van der Waals surface area (Å²) < 4.78 is 23.1. The molecule has 2 heterocycles. The highest BCUT2D eigenvalue weighted by Gasteiger charge is 2.23. The van der Waals surface area contributed by atoms with E-state index in [1.807, 2.05) is 24.7 Å². The van der Waals surface area contributed by atoms with Crippen LogP contribution in [0.15, 0.2) is 89.5 Å². The van der Waals surface area contributed by atoms with E-state index in [1.165, 1.54) is 10.8 Å². The molecule has 0 fully saturated rings. The predicted octanol–water partition coefficient (Wildman–Crippen LogP) is 7.65. The maximum absolute atomic E-state index is 14.6. The van der Waals surface area contributed by atoms with Crippen molar-refractivity contribution in [2.45, 2.75) is 13.8 Å². The lowest BCUT2D eigenvalue weighted by molar-refractivity contribution is -0.661. The van der Waals surface area contributed by atoms with Crippen LogP contribution in [0.5, 0.6) is 0 Å². The van der Waals surface area contributed by atoms with Gasteiger partial charge in [0, 0.05) is 28.0 Å². The number of rotatable bonds is 2. The molecule has 0 bridgehead atoms. The highest BCUT2D eigenvalue weighted by molar-refractivity contribution is 6.13. The summed E-state index contributed by atoms with van der Waals surface area (Å²) in [5.74, 6) is -0.215. The zero-order valence-electron chi connectivity index (χ0n) is 18.8. The molecule has 0 saturated carbocycles. The molecule has 160 valence electrons. The molecule has 0 aliphatic carbocycles. The minimum Gasteiger partial charge on any atom is -0.454 e. The van der Waals surface area contributed by atoms with Crippen molar-refractivity contribution in [1.82, 2.24) is 0 Å². The van der Waals surface area contributed by atoms with Gasteiger partial charge in [-0.25, -0.2) is 8.96 Å². The number of furan rings is 1. The summed E-state index contributed by atoms with van der Waals surface area (Å²) in [4.78, 5) is 0. The molecule has 0 atom stereocenters. The number of fused-ring (bicyclic) bond motifs is 4. The third-order valence-corrected chi connectivity index (χ3v) is 6.60. The van der Waals surface area contributed by atoms with Gasteiger partial charge in [0.2, 0.25) is 5.69 Å². The van der Waals surface area contributed by atoms with E-state index in [0.717, 1.165) is 49.9 Å². The van der Waals surface area contributed by atoms with Crippen LogP contribution in [0, 0.1) is 19.7 Å². The second kappa shape index (κ2) is 7.28.